The molecule has 4 heteroatoms. The van der Waals surface area contributed by atoms with Crippen molar-refractivity contribution >= 4 is 5.52 Å². The fourth-order valence-corrected chi connectivity index (χ4v) is 2.48. The predicted octanol–water partition coefficient (Wildman–Crippen LogP) is 2.75. The Morgan fingerprint density at radius 1 is 1.25 bits per heavy atom. The Kier molecular flexibility index (Phi) is 3.14. The van der Waals surface area contributed by atoms with E-state index in [0.29, 0.717) is 11.4 Å². The first-order valence-corrected chi connectivity index (χ1v) is 6.74. The molecule has 102 valence electrons. The second kappa shape index (κ2) is 4.96. The van der Waals surface area contributed by atoms with Crippen LogP contribution in [0.2, 0.25) is 0 Å². The number of hydrogen-bond donors (Lipinski definition) is 0. The van der Waals surface area contributed by atoms with E-state index in [0.717, 1.165) is 24.1 Å². The molecule has 0 atom stereocenters. The molecule has 20 heavy (non-hydrogen) atoms. The maximum absolute atomic E-state index is 11.9. The lowest BCUT2D eigenvalue weighted by Gasteiger charge is -2.05. The number of rotatable bonds is 3. The second-order valence-corrected chi connectivity index (χ2v) is 4.84. The Hall–Kier alpha value is -2.36. The molecule has 0 saturated heterocycles. The fourth-order valence-electron chi connectivity index (χ4n) is 2.48. The second-order valence-electron chi connectivity index (χ2n) is 4.84. The lowest BCUT2D eigenvalue weighted by Crippen LogP contribution is -2.10. The molecule has 0 fully saturated rings. The van der Waals surface area contributed by atoms with Crippen molar-refractivity contribution in [2.75, 3.05) is 0 Å². The van der Waals surface area contributed by atoms with Crippen molar-refractivity contribution in [2.45, 2.75) is 26.7 Å². The minimum atomic E-state index is -0.327. The molecular formula is C16H16N2O2. The van der Waals surface area contributed by atoms with E-state index in [9.17, 15) is 4.79 Å². The van der Waals surface area contributed by atoms with Crippen LogP contribution in [0.3, 0.4) is 0 Å². The summed E-state index contributed by atoms with van der Waals surface area (Å²) in [5.74, 6) is 0.384. The van der Waals surface area contributed by atoms with Crippen molar-refractivity contribution in [2.24, 2.45) is 0 Å². The summed E-state index contributed by atoms with van der Waals surface area (Å²) in [6.07, 6.45) is 1.62. The van der Waals surface area contributed by atoms with Crippen LogP contribution in [0.25, 0.3) is 5.52 Å². The van der Waals surface area contributed by atoms with Crippen LogP contribution in [0, 0.1) is 6.92 Å². The van der Waals surface area contributed by atoms with E-state index in [1.165, 1.54) is 5.56 Å². The Morgan fingerprint density at radius 3 is 2.70 bits per heavy atom. The average molecular weight is 268 g/mol. The van der Waals surface area contributed by atoms with Crippen molar-refractivity contribution in [3.8, 4) is 0 Å². The maximum atomic E-state index is 11.9. The number of nitrogens with zero attached hydrogens (tertiary/aromatic N) is 2. The van der Waals surface area contributed by atoms with Gasteiger partial charge in [-0.1, -0.05) is 37.3 Å². The van der Waals surface area contributed by atoms with Crippen LogP contribution >= 0.6 is 0 Å². The van der Waals surface area contributed by atoms with Crippen molar-refractivity contribution in [1.82, 2.24) is 9.61 Å². The van der Waals surface area contributed by atoms with Crippen molar-refractivity contribution < 1.29 is 4.42 Å². The Labute approximate surface area is 116 Å². The van der Waals surface area contributed by atoms with Gasteiger partial charge in [0.25, 0.3) is 0 Å². The first kappa shape index (κ1) is 12.7. The fraction of sp³-hybridized carbons (Fsp3) is 0.250. The summed E-state index contributed by atoms with van der Waals surface area (Å²) in [5.41, 5.74) is 3.59. The van der Waals surface area contributed by atoms with E-state index in [1.807, 2.05) is 24.3 Å². The standard InChI is InChI=1S/C16H16N2O2/c1-3-13-10-15-16(19)20-11(2)17-18(15)14(13)9-12-7-5-4-6-8-12/h4-8,10H,3,9H2,1-2H3. The topological polar surface area (TPSA) is 47.5 Å². The van der Waals surface area contributed by atoms with Gasteiger partial charge in [0.05, 0.1) is 5.69 Å². The molecule has 1 aromatic carbocycles. The number of fused-ring (bicyclic) bond motifs is 1. The lowest BCUT2D eigenvalue weighted by molar-refractivity contribution is 0.441. The number of aryl methyl sites for hydroxylation is 2. The van der Waals surface area contributed by atoms with E-state index < -0.39 is 0 Å². The van der Waals surface area contributed by atoms with Crippen molar-refractivity contribution in [3.63, 3.8) is 0 Å². The SMILES string of the molecule is CCc1cc2c(=O)oc(C)nn2c1Cc1ccccc1. The molecule has 0 amide bonds. The van der Waals surface area contributed by atoms with Crippen molar-refractivity contribution in [3.05, 3.63) is 69.5 Å². The monoisotopic (exact) mass is 268 g/mol. The predicted molar refractivity (Wildman–Crippen MR) is 77.1 cm³/mol. The highest BCUT2D eigenvalue weighted by molar-refractivity contribution is 5.51. The first-order chi connectivity index (χ1) is 9.69. The van der Waals surface area contributed by atoms with Crippen LogP contribution in [-0.2, 0) is 12.8 Å². The molecule has 0 aliphatic rings. The summed E-state index contributed by atoms with van der Waals surface area (Å²) in [6, 6.07) is 12.1. The molecule has 3 rings (SSSR count). The molecule has 0 radical (unpaired) electrons. The molecule has 0 bridgehead atoms. The number of benzene rings is 1. The largest absolute Gasteiger partial charge is 0.406 e. The quantitative estimate of drug-likeness (QED) is 0.733. The summed E-state index contributed by atoms with van der Waals surface area (Å²) in [6.45, 7) is 3.77. The van der Waals surface area contributed by atoms with Gasteiger partial charge in [-0.15, -0.1) is 5.10 Å². The molecule has 0 aliphatic carbocycles. The van der Waals surface area contributed by atoms with Crippen LogP contribution in [0.15, 0.2) is 45.6 Å². The molecule has 3 aromatic rings. The summed E-state index contributed by atoms with van der Waals surface area (Å²) in [5, 5.41) is 4.35. The van der Waals surface area contributed by atoms with Gasteiger partial charge in [-0.25, -0.2) is 9.31 Å². The Morgan fingerprint density at radius 2 is 2.00 bits per heavy atom. The Bertz CT molecular complexity index is 800. The minimum Gasteiger partial charge on any atom is -0.406 e. The van der Waals surface area contributed by atoms with E-state index >= 15 is 0 Å². The van der Waals surface area contributed by atoms with Gasteiger partial charge >= 0.3 is 5.63 Å². The van der Waals surface area contributed by atoms with E-state index in [-0.39, 0.29) is 5.63 Å². The Balaban J connectivity index is 2.20. The maximum Gasteiger partial charge on any atom is 0.363 e. The van der Waals surface area contributed by atoms with Crippen molar-refractivity contribution in [1.29, 1.82) is 0 Å². The third-order valence-corrected chi connectivity index (χ3v) is 3.45. The molecule has 0 aliphatic heterocycles. The van der Waals surface area contributed by atoms with E-state index in [2.05, 4.69) is 24.2 Å². The highest BCUT2D eigenvalue weighted by Gasteiger charge is 2.14. The van der Waals surface area contributed by atoms with Crippen LogP contribution in [0.4, 0.5) is 0 Å². The molecule has 2 aromatic heterocycles. The highest BCUT2D eigenvalue weighted by atomic mass is 16.4. The zero-order valence-corrected chi connectivity index (χ0v) is 11.6. The minimum absolute atomic E-state index is 0.327. The van der Waals surface area contributed by atoms with Gasteiger partial charge in [-0.05, 0) is 23.6 Å². The summed E-state index contributed by atoms with van der Waals surface area (Å²) >= 11 is 0. The number of hydrogen-bond acceptors (Lipinski definition) is 3. The zero-order chi connectivity index (χ0) is 14.1. The molecule has 0 N–H and O–H groups in total. The van der Waals surface area contributed by atoms with Gasteiger partial charge in [-0.3, -0.25) is 0 Å². The van der Waals surface area contributed by atoms with Gasteiger partial charge in [0.1, 0.15) is 0 Å². The van der Waals surface area contributed by atoms with Gasteiger partial charge in [0, 0.05) is 13.3 Å². The summed E-state index contributed by atoms with van der Waals surface area (Å²) in [7, 11) is 0. The van der Waals surface area contributed by atoms with Crippen LogP contribution in [0.5, 0.6) is 0 Å². The molecule has 0 saturated carbocycles. The average Bonchev–Trinajstić information content (AvgIpc) is 2.78. The molecule has 2 heterocycles. The van der Waals surface area contributed by atoms with Gasteiger partial charge in [-0.2, -0.15) is 0 Å². The third-order valence-electron chi connectivity index (χ3n) is 3.45. The molecular weight excluding hydrogens is 252 g/mol. The third kappa shape index (κ3) is 2.13. The van der Waals surface area contributed by atoms with E-state index in [4.69, 9.17) is 4.42 Å². The van der Waals surface area contributed by atoms with Crippen LogP contribution in [-0.4, -0.2) is 9.61 Å². The smallest absolute Gasteiger partial charge is 0.363 e. The van der Waals surface area contributed by atoms with Gasteiger partial charge in [0.15, 0.2) is 5.52 Å². The lowest BCUT2D eigenvalue weighted by atomic mass is 10.1. The normalized spacial score (nSPS) is 11.1. The molecule has 4 nitrogen and oxygen atoms in total. The van der Waals surface area contributed by atoms with E-state index in [1.54, 1.807) is 11.4 Å². The molecule has 0 spiro atoms. The summed E-state index contributed by atoms with van der Waals surface area (Å²) in [4.78, 5) is 11.9. The zero-order valence-electron chi connectivity index (χ0n) is 11.6. The van der Waals surface area contributed by atoms with Crippen LogP contribution in [0.1, 0.15) is 29.6 Å². The summed E-state index contributed by atoms with van der Waals surface area (Å²) < 4.78 is 6.80. The first-order valence-electron chi connectivity index (χ1n) is 6.74. The number of aromatic nitrogens is 2. The van der Waals surface area contributed by atoms with Crippen LogP contribution < -0.4 is 5.63 Å². The van der Waals surface area contributed by atoms with Gasteiger partial charge < -0.3 is 4.42 Å². The molecule has 0 unspecified atom stereocenters. The van der Waals surface area contributed by atoms with Gasteiger partial charge in [0.2, 0.25) is 5.89 Å². The highest BCUT2D eigenvalue weighted by Crippen LogP contribution is 2.18.